The summed E-state index contributed by atoms with van der Waals surface area (Å²) in [6.45, 7) is 0. The lowest BCUT2D eigenvalue weighted by molar-refractivity contribution is 0.598. The van der Waals surface area contributed by atoms with E-state index in [0.29, 0.717) is 0 Å². The van der Waals surface area contributed by atoms with Crippen molar-refractivity contribution in [1.29, 1.82) is 0 Å². The van der Waals surface area contributed by atoms with Crippen LogP contribution in [-0.4, -0.2) is 18.0 Å². The molecule has 0 aliphatic rings. The summed E-state index contributed by atoms with van der Waals surface area (Å²) in [7, 11) is -3.70. The van der Waals surface area contributed by atoms with Crippen LogP contribution in [0.5, 0.6) is 0 Å². The fourth-order valence-electron chi connectivity index (χ4n) is 2.70. The Morgan fingerprint density at radius 1 is 1.00 bits per heavy atom. The van der Waals surface area contributed by atoms with Gasteiger partial charge in [0.15, 0.2) is 0 Å². The molecule has 0 atom stereocenters. The number of nitrogens with zero attached hydrogens (tertiary/aromatic N) is 2. The molecule has 0 radical (unpaired) electrons. The zero-order valence-corrected chi connectivity index (χ0v) is 14.1. The molecular formula is C17H13N3O2S2. The van der Waals surface area contributed by atoms with Gasteiger partial charge in [-0.3, -0.25) is 0 Å². The first-order valence-corrected chi connectivity index (χ1v) is 9.66. The van der Waals surface area contributed by atoms with E-state index in [9.17, 15) is 8.42 Å². The van der Waals surface area contributed by atoms with E-state index in [1.54, 1.807) is 23.5 Å². The van der Waals surface area contributed by atoms with Gasteiger partial charge in [0.05, 0.1) is 10.4 Å². The quantitative estimate of drug-likeness (QED) is 0.612. The standard InChI is InChI=1S/C17H13N3O2S2/c18-24(21,22)14-6-4-12(5-7-14)16-15-3-1-2-9-20(15)19-17(16)13-8-10-23-11-13/h1-11H,(H2,18,21,22). The third kappa shape index (κ3) is 2.52. The van der Waals surface area contributed by atoms with Gasteiger partial charge in [0.2, 0.25) is 10.0 Å². The highest BCUT2D eigenvalue weighted by Gasteiger charge is 2.17. The minimum absolute atomic E-state index is 0.0970. The predicted octanol–water partition coefficient (Wildman–Crippen LogP) is 3.38. The molecule has 7 heteroatoms. The van der Waals surface area contributed by atoms with Crippen molar-refractivity contribution < 1.29 is 8.42 Å². The van der Waals surface area contributed by atoms with Crippen molar-refractivity contribution in [3.63, 3.8) is 0 Å². The number of nitrogens with two attached hydrogens (primary N) is 1. The maximum Gasteiger partial charge on any atom is 0.238 e. The zero-order valence-electron chi connectivity index (χ0n) is 12.5. The summed E-state index contributed by atoms with van der Waals surface area (Å²) >= 11 is 1.61. The van der Waals surface area contributed by atoms with Gasteiger partial charge in [0.1, 0.15) is 5.69 Å². The van der Waals surface area contributed by atoms with Crippen LogP contribution in [-0.2, 0) is 10.0 Å². The number of benzene rings is 1. The minimum atomic E-state index is -3.70. The van der Waals surface area contributed by atoms with Crippen molar-refractivity contribution in [2.45, 2.75) is 4.90 Å². The van der Waals surface area contributed by atoms with Crippen LogP contribution in [0.25, 0.3) is 27.9 Å². The Morgan fingerprint density at radius 2 is 1.79 bits per heavy atom. The van der Waals surface area contributed by atoms with Crippen molar-refractivity contribution in [3.8, 4) is 22.4 Å². The Hall–Kier alpha value is -2.48. The van der Waals surface area contributed by atoms with Crippen LogP contribution in [0.1, 0.15) is 0 Å². The molecule has 0 bridgehead atoms. The fourth-order valence-corrected chi connectivity index (χ4v) is 3.85. The number of hydrogen-bond acceptors (Lipinski definition) is 4. The Morgan fingerprint density at radius 3 is 2.46 bits per heavy atom. The van der Waals surface area contributed by atoms with Crippen molar-refractivity contribution in [2.75, 3.05) is 0 Å². The monoisotopic (exact) mass is 355 g/mol. The van der Waals surface area contributed by atoms with Gasteiger partial charge < -0.3 is 0 Å². The van der Waals surface area contributed by atoms with Gasteiger partial charge in [0, 0.05) is 22.7 Å². The molecular weight excluding hydrogens is 342 g/mol. The van der Waals surface area contributed by atoms with Crippen LogP contribution >= 0.6 is 11.3 Å². The third-order valence-electron chi connectivity index (χ3n) is 3.81. The van der Waals surface area contributed by atoms with Gasteiger partial charge in [-0.1, -0.05) is 18.2 Å². The molecule has 120 valence electrons. The SMILES string of the molecule is NS(=O)(=O)c1ccc(-c2c(-c3ccsc3)nn3ccccc23)cc1. The van der Waals surface area contributed by atoms with Gasteiger partial charge in [-0.15, -0.1) is 0 Å². The molecule has 3 aromatic heterocycles. The first-order chi connectivity index (χ1) is 11.5. The van der Waals surface area contributed by atoms with E-state index >= 15 is 0 Å². The largest absolute Gasteiger partial charge is 0.240 e. The molecule has 3 heterocycles. The van der Waals surface area contributed by atoms with Gasteiger partial charge in [-0.05, 0) is 41.3 Å². The number of primary sulfonamides is 1. The van der Waals surface area contributed by atoms with Crippen LogP contribution in [0.15, 0.2) is 70.4 Å². The Bertz CT molecular complexity index is 1110. The van der Waals surface area contributed by atoms with Crippen LogP contribution in [0.2, 0.25) is 0 Å². The number of hydrogen-bond donors (Lipinski definition) is 1. The van der Waals surface area contributed by atoms with E-state index in [4.69, 9.17) is 5.14 Å². The number of fused-ring (bicyclic) bond motifs is 1. The number of pyridine rings is 1. The second-order valence-electron chi connectivity index (χ2n) is 5.34. The van der Waals surface area contributed by atoms with E-state index in [1.165, 1.54) is 12.1 Å². The van der Waals surface area contributed by atoms with Crippen molar-refractivity contribution >= 4 is 26.9 Å². The molecule has 0 saturated heterocycles. The highest BCUT2D eigenvalue weighted by atomic mass is 32.2. The molecule has 4 rings (SSSR count). The third-order valence-corrected chi connectivity index (χ3v) is 5.42. The van der Waals surface area contributed by atoms with Gasteiger partial charge in [-0.2, -0.15) is 16.4 Å². The maximum atomic E-state index is 11.5. The summed E-state index contributed by atoms with van der Waals surface area (Å²) in [4.78, 5) is 0.0970. The molecule has 0 aliphatic heterocycles. The normalized spacial score (nSPS) is 11.9. The number of aromatic nitrogens is 2. The lowest BCUT2D eigenvalue weighted by Crippen LogP contribution is -2.11. The summed E-state index contributed by atoms with van der Waals surface area (Å²) in [5.74, 6) is 0. The lowest BCUT2D eigenvalue weighted by Gasteiger charge is -2.04. The predicted molar refractivity (Wildman–Crippen MR) is 95.3 cm³/mol. The Kier molecular flexibility index (Phi) is 3.49. The Balaban J connectivity index is 1.97. The van der Waals surface area contributed by atoms with Crippen molar-refractivity contribution in [2.24, 2.45) is 5.14 Å². The smallest absolute Gasteiger partial charge is 0.238 e. The van der Waals surface area contributed by atoms with E-state index in [-0.39, 0.29) is 4.90 Å². The first-order valence-electron chi connectivity index (χ1n) is 7.17. The highest BCUT2D eigenvalue weighted by molar-refractivity contribution is 7.89. The average Bonchev–Trinajstić information content (AvgIpc) is 3.21. The van der Waals surface area contributed by atoms with E-state index < -0.39 is 10.0 Å². The molecule has 4 aromatic rings. The zero-order chi connectivity index (χ0) is 16.7. The molecule has 24 heavy (non-hydrogen) atoms. The molecule has 2 N–H and O–H groups in total. The second kappa shape index (κ2) is 5.55. The summed E-state index contributed by atoms with van der Waals surface area (Å²) in [6.07, 6.45) is 1.90. The van der Waals surface area contributed by atoms with Crippen LogP contribution in [0, 0.1) is 0 Å². The van der Waals surface area contributed by atoms with Crippen LogP contribution < -0.4 is 5.14 Å². The minimum Gasteiger partial charge on any atom is -0.240 e. The number of thiophene rings is 1. The van der Waals surface area contributed by atoms with Gasteiger partial charge in [0.25, 0.3) is 0 Å². The number of sulfonamides is 1. The van der Waals surface area contributed by atoms with Crippen molar-refractivity contribution in [1.82, 2.24) is 9.61 Å². The van der Waals surface area contributed by atoms with E-state index in [0.717, 1.165) is 27.9 Å². The highest BCUT2D eigenvalue weighted by Crippen LogP contribution is 2.36. The van der Waals surface area contributed by atoms with Crippen molar-refractivity contribution in [3.05, 3.63) is 65.5 Å². The second-order valence-corrected chi connectivity index (χ2v) is 7.68. The molecule has 0 unspecified atom stereocenters. The number of rotatable bonds is 3. The van der Waals surface area contributed by atoms with E-state index in [2.05, 4.69) is 5.10 Å². The molecule has 5 nitrogen and oxygen atoms in total. The molecule has 1 aromatic carbocycles. The van der Waals surface area contributed by atoms with E-state index in [1.807, 2.05) is 45.7 Å². The lowest BCUT2D eigenvalue weighted by atomic mass is 10.0. The average molecular weight is 355 g/mol. The van der Waals surface area contributed by atoms with Crippen LogP contribution in [0.4, 0.5) is 0 Å². The summed E-state index contributed by atoms with van der Waals surface area (Å²) in [5, 5.41) is 13.9. The van der Waals surface area contributed by atoms with Gasteiger partial charge >= 0.3 is 0 Å². The summed E-state index contributed by atoms with van der Waals surface area (Å²) < 4.78 is 24.7. The molecule has 0 amide bonds. The topological polar surface area (TPSA) is 77.5 Å². The first kappa shape index (κ1) is 15.1. The summed E-state index contributed by atoms with van der Waals surface area (Å²) in [5.41, 5.74) is 4.72. The maximum absolute atomic E-state index is 11.5. The molecule has 0 saturated carbocycles. The molecule has 0 fully saturated rings. The van der Waals surface area contributed by atoms with Crippen LogP contribution in [0.3, 0.4) is 0 Å². The summed E-state index contributed by atoms with van der Waals surface area (Å²) in [6, 6.07) is 14.5. The van der Waals surface area contributed by atoms with Gasteiger partial charge in [-0.25, -0.2) is 18.1 Å². The molecule has 0 aliphatic carbocycles. The fraction of sp³-hybridized carbons (Fsp3) is 0. The Labute approximate surface area is 143 Å². The molecule has 0 spiro atoms.